The maximum atomic E-state index is 12.5. The monoisotopic (exact) mass is 327 g/mol. The van der Waals surface area contributed by atoms with Gasteiger partial charge in [0.15, 0.2) is 0 Å². The van der Waals surface area contributed by atoms with E-state index in [1.807, 2.05) is 0 Å². The van der Waals surface area contributed by atoms with Crippen molar-refractivity contribution in [1.29, 1.82) is 0 Å². The molecule has 1 saturated heterocycles. The molecule has 9 heteroatoms. The quantitative estimate of drug-likeness (QED) is 0.820. The largest absolute Gasteiger partial charge is 0.372 e. The van der Waals surface area contributed by atoms with E-state index in [1.165, 1.54) is 22.7 Å². The Labute approximate surface area is 130 Å². The first-order chi connectivity index (χ1) is 10.4. The van der Waals surface area contributed by atoms with Gasteiger partial charge < -0.3 is 10.2 Å². The molecular formula is C13H21N5O3S. The normalized spacial score (nSPS) is 16.8. The number of rotatable bonds is 4. The maximum absolute atomic E-state index is 12.5. The number of piperazine rings is 1. The second-order valence-electron chi connectivity index (χ2n) is 5.13. The van der Waals surface area contributed by atoms with Gasteiger partial charge in [-0.1, -0.05) is 0 Å². The lowest BCUT2D eigenvalue weighted by Crippen LogP contribution is -2.53. The Hall–Kier alpha value is -1.71. The summed E-state index contributed by atoms with van der Waals surface area (Å²) in [5.74, 6) is 0.384. The van der Waals surface area contributed by atoms with Crippen LogP contribution in [0.4, 0.5) is 5.82 Å². The van der Waals surface area contributed by atoms with E-state index in [0.29, 0.717) is 37.6 Å². The summed E-state index contributed by atoms with van der Waals surface area (Å²) in [6, 6.07) is 3.42. The molecule has 1 aromatic heterocycles. The van der Waals surface area contributed by atoms with Gasteiger partial charge in [-0.25, -0.2) is 4.98 Å². The van der Waals surface area contributed by atoms with E-state index in [9.17, 15) is 13.2 Å². The first kappa shape index (κ1) is 16.7. The fraction of sp³-hybridized carbons (Fsp3) is 0.538. The molecule has 0 aliphatic carbocycles. The van der Waals surface area contributed by atoms with E-state index in [1.54, 1.807) is 30.3 Å². The van der Waals surface area contributed by atoms with Crippen LogP contribution in [0.3, 0.4) is 0 Å². The van der Waals surface area contributed by atoms with Gasteiger partial charge in [-0.05, 0) is 12.1 Å². The van der Waals surface area contributed by atoms with Gasteiger partial charge in [-0.2, -0.15) is 17.0 Å². The smallest absolute Gasteiger partial charge is 0.281 e. The van der Waals surface area contributed by atoms with E-state index < -0.39 is 10.2 Å². The maximum Gasteiger partial charge on any atom is 0.281 e. The number of hydrogen-bond acceptors (Lipinski definition) is 5. The summed E-state index contributed by atoms with van der Waals surface area (Å²) >= 11 is 0. The second kappa shape index (κ2) is 6.59. The van der Waals surface area contributed by atoms with Crippen molar-refractivity contribution in [2.24, 2.45) is 0 Å². The lowest BCUT2D eigenvalue weighted by atomic mass is 10.2. The third-order valence-electron chi connectivity index (χ3n) is 3.59. The van der Waals surface area contributed by atoms with Crippen molar-refractivity contribution in [3.63, 3.8) is 0 Å². The van der Waals surface area contributed by atoms with Gasteiger partial charge in [0.05, 0.1) is 5.56 Å². The summed E-state index contributed by atoms with van der Waals surface area (Å²) in [7, 11) is 1.29. The summed E-state index contributed by atoms with van der Waals surface area (Å²) in [5.41, 5.74) is 0.494. The lowest BCUT2D eigenvalue weighted by Gasteiger charge is -2.35. The Morgan fingerprint density at radius 1 is 1.27 bits per heavy atom. The fourth-order valence-electron chi connectivity index (χ4n) is 2.30. The Balaban J connectivity index is 2.07. The van der Waals surface area contributed by atoms with Crippen LogP contribution in [0, 0.1) is 0 Å². The zero-order chi connectivity index (χ0) is 16.3. The lowest BCUT2D eigenvalue weighted by molar-refractivity contribution is 0.0696. The molecule has 122 valence electrons. The summed E-state index contributed by atoms with van der Waals surface area (Å²) in [4.78, 5) is 18.3. The number of hydrogen-bond donors (Lipinski definition) is 1. The molecule has 1 N–H and O–H groups in total. The molecule has 2 heterocycles. The Bertz CT molecular complexity index is 639. The fourth-order valence-corrected chi connectivity index (χ4v) is 3.39. The number of pyridine rings is 1. The third kappa shape index (κ3) is 3.21. The van der Waals surface area contributed by atoms with Crippen molar-refractivity contribution in [3.8, 4) is 0 Å². The molecule has 0 saturated carbocycles. The highest BCUT2D eigenvalue weighted by atomic mass is 32.2. The van der Waals surface area contributed by atoms with E-state index >= 15 is 0 Å². The summed E-state index contributed by atoms with van der Waals surface area (Å²) in [6.45, 7) is 1.32. The minimum atomic E-state index is -3.42. The molecule has 1 fully saturated rings. The standard InChI is InChI=1S/C13H21N5O3S/c1-14-12-11(5-4-6-15-12)13(19)17-7-9-18(10-8-17)22(20,21)16(2)3/h4-6H,7-10H2,1-3H3,(H,14,15). The van der Waals surface area contributed by atoms with Crippen molar-refractivity contribution in [2.75, 3.05) is 52.6 Å². The Kier molecular flexibility index (Phi) is 4.99. The number of nitrogens with zero attached hydrogens (tertiary/aromatic N) is 4. The molecule has 1 aliphatic rings. The van der Waals surface area contributed by atoms with Gasteiger partial charge >= 0.3 is 0 Å². The zero-order valence-electron chi connectivity index (χ0n) is 13.0. The molecule has 8 nitrogen and oxygen atoms in total. The summed E-state index contributed by atoms with van der Waals surface area (Å²) in [6.07, 6.45) is 1.62. The average Bonchev–Trinajstić information content (AvgIpc) is 2.54. The zero-order valence-corrected chi connectivity index (χ0v) is 13.8. The highest BCUT2D eigenvalue weighted by Crippen LogP contribution is 2.16. The van der Waals surface area contributed by atoms with Gasteiger partial charge in [0, 0.05) is 53.5 Å². The van der Waals surface area contributed by atoms with Crippen LogP contribution in [0.1, 0.15) is 10.4 Å². The van der Waals surface area contributed by atoms with Crippen LogP contribution in [-0.2, 0) is 10.2 Å². The van der Waals surface area contributed by atoms with Crippen LogP contribution >= 0.6 is 0 Å². The minimum absolute atomic E-state index is 0.139. The van der Waals surface area contributed by atoms with E-state index in [-0.39, 0.29) is 5.91 Å². The molecule has 1 aromatic rings. The number of carbonyl (C=O) groups is 1. The first-order valence-electron chi connectivity index (χ1n) is 6.97. The predicted molar refractivity (Wildman–Crippen MR) is 83.9 cm³/mol. The van der Waals surface area contributed by atoms with Gasteiger partial charge in [0.25, 0.3) is 16.1 Å². The van der Waals surface area contributed by atoms with E-state index in [2.05, 4.69) is 10.3 Å². The van der Waals surface area contributed by atoms with Crippen LogP contribution < -0.4 is 5.32 Å². The predicted octanol–water partition coefficient (Wildman–Crippen LogP) is -0.312. The molecule has 0 spiro atoms. The summed E-state index contributed by atoms with van der Waals surface area (Å²) < 4.78 is 26.7. The van der Waals surface area contributed by atoms with Gasteiger partial charge in [0.2, 0.25) is 0 Å². The average molecular weight is 327 g/mol. The highest BCUT2D eigenvalue weighted by molar-refractivity contribution is 7.86. The molecule has 2 rings (SSSR count). The Morgan fingerprint density at radius 3 is 2.45 bits per heavy atom. The Morgan fingerprint density at radius 2 is 1.91 bits per heavy atom. The molecular weight excluding hydrogens is 306 g/mol. The van der Waals surface area contributed by atoms with E-state index in [0.717, 1.165) is 0 Å². The molecule has 1 amide bonds. The van der Waals surface area contributed by atoms with Crippen LogP contribution in [0.15, 0.2) is 18.3 Å². The SMILES string of the molecule is CNc1ncccc1C(=O)N1CCN(S(=O)(=O)N(C)C)CC1. The topological polar surface area (TPSA) is 85.9 Å². The molecule has 0 atom stereocenters. The van der Waals surface area contributed by atoms with Crippen molar-refractivity contribution in [3.05, 3.63) is 23.9 Å². The van der Waals surface area contributed by atoms with Gasteiger partial charge in [-0.3, -0.25) is 4.79 Å². The highest BCUT2D eigenvalue weighted by Gasteiger charge is 2.31. The minimum Gasteiger partial charge on any atom is -0.372 e. The summed E-state index contributed by atoms with van der Waals surface area (Å²) in [5, 5.41) is 2.89. The molecule has 0 bridgehead atoms. The van der Waals surface area contributed by atoms with Crippen LogP contribution in [-0.4, -0.2) is 80.1 Å². The molecule has 0 radical (unpaired) electrons. The van der Waals surface area contributed by atoms with Crippen LogP contribution in [0.2, 0.25) is 0 Å². The van der Waals surface area contributed by atoms with Crippen LogP contribution in [0.5, 0.6) is 0 Å². The number of carbonyl (C=O) groups excluding carboxylic acids is 1. The number of amides is 1. The van der Waals surface area contributed by atoms with E-state index in [4.69, 9.17) is 0 Å². The van der Waals surface area contributed by atoms with Gasteiger partial charge in [-0.15, -0.1) is 0 Å². The van der Waals surface area contributed by atoms with Crippen molar-refractivity contribution in [2.45, 2.75) is 0 Å². The number of anilines is 1. The second-order valence-corrected chi connectivity index (χ2v) is 7.27. The van der Waals surface area contributed by atoms with Crippen LogP contribution in [0.25, 0.3) is 0 Å². The number of nitrogens with one attached hydrogen (secondary N) is 1. The molecule has 1 aliphatic heterocycles. The van der Waals surface area contributed by atoms with Crippen molar-refractivity contribution < 1.29 is 13.2 Å². The van der Waals surface area contributed by atoms with Crippen molar-refractivity contribution in [1.82, 2.24) is 18.5 Å². The van der Waals surface area contributed by atoms with Crippen molar-refractivity contribution >= 4 is 21.9 Å². The number of aromatic nitrogens is 1. The molecule has 22 heavy (non-hydrogen) atoms. The van der Waals surface area contributed by atoms with Gasteiger partial charge in [0.1, 0.15) is 5.82 Å². The molecule has 0 unspecified atom stereocenters. The first-order valence-corrected chi connectivity index (χ1v) is 8.37. The molecule has 0 aromatic carbocycles. The third-order valence-corrected chi connectivity index (χ3v) is 5.53.